The molecule has 0 spiro atoms. The molecule has 2 atom stereocenters. The lowest BCUT2D eigenvalue weighted by Crippen LogP contribution is -2.51. The van der Waals surface area contributed by atoms with Crippen LogP contribution in [-0.2, 0) is 4.79 Å². The smallest absolute Gasteiger partial charge is 0.284 e. The number of anilines is 1. The summed E-state index contributed by atoms with van der Waals surface area (Å²) in [5.74, 6) is -0.614. The van der Waals surface area contributed by atoms with Crippen LogP contribution >= 0.6 is 0 Å². The number of rotatable bonds is 9. The molecule has 4 aliphatic rings. The lowest BCUT2D eigenvalue weighted by atomic mass is 9.95. The maximum Gasteiger partial charge on any atom is 0.284 e. The average Bonchev–Trinajstić information content (AvgIpc) is 3.48. The van der Waals surface area contributed by atoms with Gasteiger partial charge in [-0.1, -0.05) is 12.6 Å². The number of fused-ring (bicyclic) bond motifs is 1. The predicted octanol–water partition coefficient (Wildman–Crippen LogP) is 5.33. The van der Waals surface area contributed by atoms with Gasteiger partial charge in [-0.3, -0.25) is 24.0 Å². The number of hydrogen-bond donors (Lipinski definition) is 1. The summed E-state index contributed by atoms with van der Waals surface area (Å²) < 4.78 is 27.8. The van der Waals surface area contributed by atoms with Crippen molar-refractivity contribution in [1.82, 2.24) is 24.9 Å². The number of halogens is 2. The summed E-state index contributed by atoms with van der Waals surface area (Å²) in [4.78, 5) is 56.2. The minimum atomic E-state index is -2.82. The molecular weight excluding hydrogens is 584 g/mol. The highest BCUT2D eigenvalue weighted by molar-refractivity contribution is 6.25. The first-order chi connectivity index (χ1) is 21.7. The number of aromatic nitrogens is 2. The van der Waals surface area contributed by atoms with Gasteiger partial charge in [0.1, 0.15) is 6.04 Å². The van der Waals surface area contributed by atoms with Crippen LogP contribution in [0.15, 0.2) is 41.8 Å². The fourth-order valence-electron chi connectivity index (χ4n) is 7.36. The lowest BCUT2D eigenvalue weighted by Gasteiger charge is -2.32. The Morgan fingerprint density at radius 2 is 1.82 bits per heavy atom. The first kappa shape index (κ1) is 31.0. The second kappa shape index (κ2) is 13.2. The molecule has 2 aromatic rings. The minimum Gasteiger partial charge on any atom is -0.371 e. The number of nitrogens with one attached hydrogen (secondary N) is 1. The third-order valence-electron chi connectivity index (χ3n) is 9.81. The summed E-state index contributed by atoms with van der Waals surface area (Å²) in [5.41, 5.74) is 1.31. The van der Waals surface area contributed by atoms with Gasteiger partial charge < -0.3 is 15.1 Å². The zero-order valence-corrected chi connectivity index (χ0v) is 25.3. The Morgan fingerprint density at radius 3 is 2.53 bits per heavy atom. The van der Waals surface area contributed by atoms with Crippen molar-refractivity contribution >= 4 is 29.1 Å². The molecule has 1 aromatic carbocycles. The number of carbonyl (C=O) groups excluding carboxylic acids is 3. The zero-order valence-electron chi connectivity index (χ0n) is 25.3. The van der Waals surface area contributed by atoms with Gasteiger partial charge in [-0.25, -0.2) is 8.78 Å². The summed E-state index contributed by atoms with van der Waals surface area (Å²) in [5, 5.41) is 9.34. The van der Waals surface area contributed by atoms with Crippen LogP contribution < -0.4 is 10.2 Å². The first-order valence-corrected chi connectivity index (χ1v) is 15.9. The molecule has 11 nitrogen and oxygen atoms in total. The van der Waals surface area contributed by atoms with Crippen molar-refractivity contribution in [2.75, 3.05) is 37.6 Å². The van der Waals surface area contributed by atoms with E-state index >= 15 is 0 Å². The molecule has 0 bridgehead atoms. The lowest BCUT2D eigenvalue weighted by molar-refractivity contribution is -0.125. The van der Waals surface area contributed by atoms with Gasteiger partial charge in [-0.15, -0.1) is 4.91 Å². The van der Waals surface area contributed by atoms with Crippen molar-refractivity contribution < 1.29 is 23.2 Å². The predicted molar refractivity (Wildman–Crippen MR) is 163 cm³/mol. The molecule has 1 aromatic heterocycles. The maximum absolute atomic E-state index is 13.6. The molecule has 0 aliphatic carbocycles. The summed E-state index contributed by atoms with van der Waals surface area (Å²) in [6.07, 6.45) is 6.21. The summed E-state index contributed by atoms with van der Waals surface area (Å²) in [6, 6.07) is 4.56. The van der Waals surface area contributed by atoms with Crippen molar-refractivity contribution in [2.45, 2.75) is 76.3 Å². The first-order valence-electron chi connectivity index (χ1n) is 15.9. The largest absolute Gasteiger partial charge is 0.371 e. The molecule has 0 radical (unpaired) electrons. The molecule has 5 heterocycles. The number of imide groups is 1. The van der Waals surface area contributed by atoms with Gasteiger partial charge in [0.15, 0.2) is 11.4 Å². The van der Waals surface area contributed by atoms with E-state index in [1.807, 2.05) is 12.1 Å². The third kappa shape index (κ3) is 6.27. The molecule has 3 saturated heterocycles. The number of nitrogens with zero attached hydrogens (tertiary/aromatic N) is 6. The van der Waals surface area contributed by atoms with E-state index in [1.54, 1.807) is 6.07 Å². The molecule has 3 fully saturated rings. The van der Waals surface area contributed by atoms with Crippen LogP contribution in [0.3, 0.4) is 0 Å². The van der Waals surface area contributed by atoms with Crippen LogP contribution in [0.5, 0.6) is 0 Å². The normalized spacial score (nSPS) is 23.4. The monoisotopic (exact) mass is 623 g/mol. The van der Waals surface area contributed by atoms with Crippen LogP contribution in [0.1, 0.15) is 96.7 Å². The van der Waals surface area contributed by atoms with Crippen molar-refractivity contribution in [3.05, 3.63) is 58.4 Å². The minimum absolute atomic E-state index is 0.0180. The van der Waals surface area contributed by atoms with Crippen molar-refractivity contribution in [2.24, 2.45) is 11.1 Å². The average molecular weight is 624 g/mol. The SMILES string of the molecule is C=C1CCC(N2C(=O)c3cccc(N4CCCC(CCCN5CCC(n6cc(N=O)c(C(F)F)n6)CC5)CC4)c3C2=O)C(=O)N1. The van der Waals surface area contributed by atoms with E-state index in [0.717, 1.165) is 88.3 Å². The zero-order chi connectivity index (χ0) is 31.7. The summed E-state index contributed by atoms with van der Waals surface area (Å²) in [6.45, 7) is 8.04. The van der Waals surface area contributed by atoms with E-state index in [1.165, 1.54) is 10.9 Å². The molecule has 4 aliphatic heterocycles. The highest BCUT2D eigenvalue weighted by Crippen LogP contribution is 2.36. The fraction of sp³-hybridized carbons (Fsp3) is 0.562. The highest BCUT2D eigenvalue weighted by atomic mass is 19.3. The van der Waals surface area contributed by atoms with Crippen molar-refractivity contribution in [3.63, 3.8) is 0 Å². The number of allylic oxidation sites excluding steroid dienone is 1. The molecule has 13 heteroatoms. The topological polar surface area (TPSA) is 120 Å². The van der Waals surface area contributed by atoms with Crippen LogP contribution in [0.4, 0.5) is 20.2 Å². The Morgan fingerprint density at radius 1 is 1.02 bits per heavy atom. The molecule has 6 rings (SSSR count). The Hall–Kier alpha value is -4.00. The molecule has 1 N–H and O–H groups in total. The quantitative estimate of drug-likeness (QED) is 0.296. The maximum atomic E-state index is 13.6. The van der Waals surface area contributed by atoms with Crippen LogP contribution in [0.25, 0.3) is 0 Å². The Balaban J connectivity index is 0.999. The van der Waals surface area contributed by atoms with Crippen molar-refractivity contribution in [1.29, 1.82) is 0 Å². The summed E-state index contributed by atoms with van der Waals surface area (Å²) >= 11 is 0. The Labute approximate surface area is 260 Å². The number of piperidine rings is 2. The summed E-state index contributed by atoms with van der Waals surface area (Å²) in [7, 11) is 0. The number of benzene rings is 1. The van der Waals surface area contributed by atoms with Crippen LogP contribution in [0, 0.1) is 10.8 Å². The second-order valence-corrected chi connectivity index (χ2v) is 12.6. The van der Waals surface area contributed by atoms with Crippen molar-refractivity contribution in [3.8, 4) is 0 Å². The fourth-order valence-corrected chi connectivity index (χ4v) is 7.36. The van der Waals surface area contributed by atoms with E-state index in [-0.39, 0.29) is 17.6 Å². The van der Waals surface area contributed by atoms with Crippen LogP contribution in [0.2, 0.25) is 0 Å². The number of nitroso groups, excluding NO2 is 1. The number of alkyl halides is 2. The highest BCUT2D eigenvalue weighted by Gasteiger charge is 2.45. The molecular formula is C32H39F2N7O4. The van der Waals surface area contributed by atoms with E-state index in [0.29, 0.717) is 35.6 Å². The molecule has 2 unspecified atom stereocenters. The van der Waals surface area contributed by atoms with Gasteiger partial charge in [0.2, 0.25) is 5.91 Å². The third-order valence-corrected chi connectivity index (χ3v) is 9.81. The number of hydrogen-bond acceptors (Lipinski definition) is 8. The number of carbonyl (C=O) groups is 3. The number of amides is 3. The Bertz CT molecular complexity index is 1490. The second-order valence-electron chi connectivity index (χ2n) is 12.6. The standard InChI is InChI=1S/C32H39F2N7O4/c1-20-9-10-26(30(42)35-20)41-31(43)23-7-2-8-25(27(23)32(41)44)39-15-4-6-21(11-18-39)5-3-14-38-16-12-22(13-17-38)40-19-24(37-45)28(36-40)29(33)34/h2,7-8,19,21-22,26,29H,1,3-6,9-18H2,(H,35,42). The van der Waals surface area contributed by atoms with Gasteiger partial charge in [-0.05, 0) is 87.6 Å². The Kier molecular flexibility index (Phi) is 9.06. The number of likely N-dealkylation sites (tertiary alicyclic amines) is 1. The van der Waals surface area contributed by atoms with Gasteiger partial charge in [-0.2, -0.15) is 5.10 Å². The van der Waals surface area contributed by atoms with Gasteiger partial charge >= 0.3 is 0 Å². The van der Waals surface area contributed by atoms with Gasteiger partial charge in [0.05, 0.1) is 29.1 Å². The molecule has 240 valence electrons. The van der Waals surface area contributed by atoms with Gasteiger partial charge in [0.25, 0.3) is 18.2 Å². The van der Waals surface area contributed by atoms with Crippen LogP contribution in [-0.4, -0.2) is 76.1 Å². The van der Waals surface area contributed by atoms with E-state index < -0.39 is 30.0 Å². The van der Waals surface area contributed by atoms with E-state index in [9.17, 15) is 28.1 Å². The molecule has 45 heavy (non-hydrogen) atoms. The van der Waals surface area contributed by atoms with E-state index in [4.69, 9.17) is 0 Å². The molecule has 3 amide bonds. The van der Waals surface area contributed by atoms with E-state index in [2.05, 4.69) is 32.0 Å². The molecule has 0 saturated carbocycles. The van der Waals surface area contributed by atoms with Gasteiger partial charge in [0, 0.05) is 31.9 Å².